The van der Waals surface area contributed by atoms with E-state index < -0.39 is 11.7 Å². The van der Waals surface area contributed by atoms with Crippen molar-refractivity contribution in [2.75, 3.05) is 11.9 Å². The Labute approximate surface area is 194 Å². The Hall–Kier alpha value is -3.68. The van der Waals surface area contributed by atoms with Crippen LogP contribution in [0, 0.1) is 17.2 Å². The highest BCUT2D eigenvalue weighted by Gasteiger charge is 2.32. The summed E-state index contributed by atoms with van der Waals surface area (Å²) in [6, 6.07) is 3.21. The van der Waals surface area contributed by atoms with E-state index in [0.717, 1.165) is 37.9 Å². The molecule has 0 saturated heterocycles. The second-order valence-corrected chi connectivity index (χ2v) is 8.41. The average Bonchev–Trinajstić information content (AvgIpc) is 3.26. The average molecular weight is 471 g/mol. The number of nitrogens with zero attached hydrogens (tertiary/aromatic N) is 4. The Morgan fingerprint density at radius 1 is 1.24 bits per heavy atom. The molecule has 4 rings (SSSR count). The van der Waals surface area contributed by atoms with Crippen molar-refractivity contribution in [3.05, 3.63) is 35.8 Å². The Morgan fingerprint density at radius 3 is 2.68 bits per heavy atom. The fraction of sp³-hybridized carbons (Fsp3) is 0.435. The van der Waals surface area contributed by atoms with Crippen molar-refractivity contribution in [1.29, 1.82) is 5.26 Å². The third-order valence-corrected chi connectivity index (χ3v) is 6.10. The monoisotopic (exact) mass is 471 g/mol. The molecule has 0 bridgehead atoms. The van der Waals surface area contributed by atoms with Crippen molar-refractivity contribution in [1.82, 2.24) is 25.3 Å². The van der Waals surface area contributed by atoms with Crippen LogP contribution in [0.5, 0.6) is 0 Å². The summed E-state index contributed by atoms with van der Waals surface area (Å²) in [5, 5.41) is 16.0. The molecule has 3 heterocycles. The minimum absolute atomic E-state index is 0.0647. The van der Waals surface area contributed by atoms with Gasteiger partial charge in [0.15, 0.2) is 0 Å². The summed E-state index contributed by atoms with van der Waals surface area (Å²) in [6.07, 6.45) is 3.26. The molecular formula is C23H24F3N7O. The van der Waals surface area contributed by atoms with Crippen molar-refractivity contribution in [2.24, 2.45) is 5.92 Å². The van der Waals surface area contributed by atoms with Crippen LogP contribution in [-0.4, -0.2) is 38.4 Å². The lowest BCUT2D eigenvalue weighted by molar-refractivity contribution is -0.137. The van der Waals surface area contributed by atoms with Crippen LogP contribution in [0.15, 0.2) is 24.7 Å². The third-order valence-electron chi connectivity index (χ3n) is 6.10. The predicted octanol–water partition coefficient (Wildman–Crippen LogP) is 4.41. The molecule has 0 atom stereocenters. The van der Waals surface area contributed by atoms with E-state index in [-0.39, 0.29) is 34.2 Å². The topological polar surface area (TPSA) is 119 Å². The SMILES string of the molecule is CCC(=O)NC1CCC(CNc2ncc(C#N)c(-c3c[nH]c4ncc(C(F)(F)F)cc34)n2)CC1. The number of carbonyl (C=O) groups excluding carboxylic acids is 1. The lowest BCUT2D eigenvalue weighted by atomic mass is 9.86. The van der Waals surface area contributed by atoms with Crippen LogP contribution < -0.4 is 10.6 Å². The molecule has 1 saturated carbocycles. The number of aromatic amines is 1. The fourth-order valence-corrected chi connectivity index (χ4v) is 4.18. The Bertz CT molecular complexity index is 1220. The van der Waals surface area contributed by atoms with E-state index in [2.05, 4.69) is 30.6 Å². The number of H-pyrrole nitrogens is 1. The number of aromatic nitrogens is 4. The van der Waals surface area contributed by atoms with Crippen LogP contribution in [-0.2, 0) is 11.0 Å². The fourth-order valence-electron chi connectivity index (χ4n) is 4.18. The maximum atomic E-state index is 13.2. The zero-order valence-electron chi connectivity index (χ0n) is 18.5. The molecule has 1 fully saturated rings. The molecule has 0 radical (unpaired) electrons. The van der Waals surface area contributed by atoms with Crippen LogP contribution in [0.2, 0.25) is 0 Å². The summed E-state index contributed by atoms with van der Waals surface area (Å²) in [5.41, 5.74) is 0.126. The number of hydrogen-bond donors (Lipinski definition) is 3. The van der Waals surface area contributed by atoms with Crippen molar-refractivity contribution in [3.8, 4) is 17.3 Å². The Balaban J connectivity index is 1.50. The van der Waals surface area contributed by atoms with E-state index in [1.807, 2.05) is 13.0 Å². The van der Waals surface area contributed by atoms with Gasteiger partial charge in [0.05, 0.1) is 23.0 Å². The number of alkyl halides is 3. The van der Waals surface area contributed by atoms with Gasteiger partial charge in [0.2, 0.25) is 11.9 Å². The first-order chi connectivity index (χ1) is 16.3. The molecule has 3 aromatic heterocycles. The van der Waals surface area contributed by atoms with Gasteiger partial charge < -0.3 is 15.6 Å². The van der Waals surface area contributed by atoms with Crippen LogP contribution in [0.25, 0.3) is 22.3 Å². The van der Waals surface area contributed by atoms with Crippen LogP contribution in [0.1, 0.15) is 50.2 Å². The van der Waals surface area contributed by atoms with Gasteiger partial charge in [-0.15, -0.1) is 0 Å². The number of hydrogen-bond acceptors (Lipinski definition) is 6. The van der Waals surface area contributed by atoms with Crippen molar-refractivity contribution >= 4 is 22.9 Å². The first-order valence-corrected chi connectivity index (χ1v) is 11.1. The van der Waals surface area contributed by atoms with Gasteiger partial charge in [-0.25, -0.2) is 15.0 Å². The molecule has 8 nitrogen and oxygen atoms in total. The number of amides is 1. The molecule has 0 aromatic carbocycles. The van der Waals surface area contributed by atoms with E-state index in [1.54, 1.807) is 0 Å². The number of nitriles is 1. The number of anilines is 1. The lowest BCUT2D eigenvalue weighted by Crippen LogP contribution is -2.38. The maximum Gasteiger partial charge on any atom is 0.417 e. The maximum absolute atomic E-state index is 13.2. The number of fused-ring (bicyclic) bond motifs is 1. The van der Waals surface area contributed by atoms with Crippen molar-refractivity contribution in [3.63, 3.8) is 0 Å². The van der Waals surface area contributed by atoms with Gasteiger partial charge in [0.1, 0.15) is 11.7 Å². The Morgan fingerprint density at radius 2 is 2.00 bits per heavy atom. The Kier molecular flexibility index (Phi) is 6.68. The standard InChI is InChI=1S/C23H24F3N7O/c1-2-19(34)32-16-5-3-13(4-6-16)9-30-22-31-10-14(8-27)20(33-22)18-12-29-21-17(18)7-15(11-28-21)23(24,25)26/h7,10-13,16H,2-6,9H2,1H3,(H,28,29)(H,32,34)(H,30,31,33). The van der Waals surface area contributed by atoms with E-state index in [0.29, 0.717) is 30.4 Å². The molecule has 0 spiro atoms. The number of halogens is 3. The highest BCUT2D eigenvalue weighted by molar-refractivity contribution is 5.94. The van der Waals surface area contributed by atoms with E-state index >= 15 is 0 Å². The molecule has 0 aliphatic heterocycles. The van der Waals surface area contributed by atoms with E-state index in [1.165, 1.54) is 12.4 Å². The van der Waals surface area contributed by atoms with Gasteiger partial charge in [-0.1, -0.05) is 6.92 Å². The molecule has 3 aromatic rings. The normalized spacial score (nSPS) is 18.4. The summed E-state index contributed by atoms with van der Waals surface area (Å²) in [4.78, 5) is 26.9. The zero-order chi connectivity index (χ0) is 24.3. The summed E-state index contributed by atoms with van der Waals surface area (Å²) in [5.74, 6) is 0.740. The van der Waals surface area contributed by atoms with Gasteiger partial charge in [-0.3, -0.25) is 4.79 Å². The van der Waals surface area contributed by atoms with Crippen LogP contribution in [0.4, 0.5) is 19.1 Å². The molecule has 1 amide bonds. The highest BCUT2D eigenvalue weighted by Crippen LogP contribution is 2.34. The van der Waals surface area contributed by atoms with Gasteiger partial charge >= 0.3 is 6.18 Å². The third kappa shape index (κ3) is 5.11. The number of carbonyl (C=O) groups is 1. The molecule has 178 valence electrons. The van der Waals surface area contributed by atoms with E-state index in [4.69, 9.17) is 0 Å². The summed E-state index contributed by atoms with van der Waals surface area (Å²) < 4.78 is 39.6. The van der Waals surface area contributed by atoms with Crippen molar-refractivity contribution in [2.45, 2.75) is 51.2 Å². The largest absolute Gasteiger partial charge is 0.417 e. The van der Waals surface area contributed by atoms with Gasteiger partial charge in [-0.2, -0.15) is 18.4 Å². The lowest BCUT2D eigenvalue weighted by Gasteiger charge is -2.29. The molecule has 1 aliphatic carbocycles. The van der Waals surface area contributed by atoms with Crippen LogP contribution >= 0.6 is 0 Å². The smallest absolute Gasteiger partial charge is 0.354 e. The summed E-state index contributed by atoms with van der Waals surface area (Å²) in [6.45, 7) is 2.45. The minimum Gasteiger partial charge on any atom is -0.354 e. The number of nitrogens with one attached hydrogen (secondary N) is 3. The second-order valence-electron chi connectivity index (χ2n) is 8.41. The first-order valence-electron chi connectivity index (χ1n) is 11.1. The summed E-state index contributed by atoms with van der Waals surface area (Å²) >= 11 is 0. The molecule has 3 N–H and O–H groups in total. The second kappa shape index (κ2) is 9.67. The minimum atomic E-state index is -4.54. The molecular weight excluding hydrogens is 447 g/mol. The van der Waals surface area contributed by atoms with E-state index in [9.17, 15) is 23.2 Å². The van der Waals surface area contributed by atoms with Gasteiger partial charge in [0.25, 0.3) is 0 Å². The molecule has 0 unspecified atom stereocenters. The summed E-state index contributed by atoms with van der Waals surface area (Å²) in [7, 11) is 0. The molecule has 34 heavy (non-hydrogen) atoms. The number of pyridine rings is 1. The predicted molar refractivity (Wildman–Crippen MR) is 120 cm³/mol. The van der Waals surface area contributed by atoms with Gasteiger partial charge in [-0.05, 0) is 37.7 Å². The van der Waals surface area contributed by atoms with Crippen molar-refractivity contribution < 1.29 is 18.0 Å². The van der Waals surface area contributed by atoms with Crippen LogP contribution in [0.3, 0.4) is 0 Å². The zero-order valence-corrected chi connectivity index (χ0v) is 18.5. The first kappa shape index (κ1) is 23.5. The highest BCUT2D eigenvalue weighted by atomic mass is 19.4. The molecule has 1 aliphatic rings. The van der Waals surface area contributed by atoms with Gasteiger partial charge in [0, 0.05) is 42.4 Å². The molecule has 11 heteroatoms. The number of rotatable bonds is 6. The quantitative estimate of drug-likeness (QED) is 0.490.